The summed E-state index contributed by atoms with van der Waals surface area (Å²) in [5.41, 5.74) is 1.12. The van der Waals surface area contributed by atoms with Gasteiger partial charge in [-0.1, -0.05) is 0 Å². The number of rotatable bonds is 6. The Kier molecular flexibility index (Phi) is 5.61. The van der Waals surface area contributed by atoms with Crippen molar-refractivity contribution in [2.24, 2.45) is 0 Å². The van der Waals surface area contributed by atoms with Crippen molar-refractivity contribution < 1.29 is 9.18 Å². The molecule has 1 unspecified atom stereocenters. The van der Waals surface area contributed by atoms with Crippen molar-refractivity contribution in [2.75, 3.05) is 31.3 Å². The number of hydrogen-bond acceptors (Lipinski definition) is 7. The molecule has 3 aromatic rings. The minimum Gasteiger partial charge on any atom is -0.367 e. The molecule has 33 heavy (non-hydrogen) atoms. The Balaban J connectivity index is 1.40. The molecule has 2 saturated heterocycles. The number of H-pyrrole nitrogens is 1. The predicted molar refractivity (Wildman–Crippen MR) is 125 cm³/mol. The van der Waals surface area contributed by atoms with E-state index < -0.39 is 5.82 Å². The van der Waals surface area contributed by atoms with E-state index in [-0.39, 0.29) is 35.4 Å². The van der Waals surface area contributed by atoms with Crippen molar-refractivity contribution in [3.8, 4) is 0 Å². The lowest BCUT2D eigenvalue weighted by Gasteiger charge is -2.40. The first-order chi connectivity index (χ1) is 15.9. The highest BCUT2D eigenvalue weighted by Crippen LogP contribution is 2.38. The van der Waals surface area contributed by atoms with E-state index in [4.69, 9.17) is 0 Å². The van der Waals surface area contributed by atoms with Gasteiger partial charge < -0.3 is 20.4 Å². The van der Waals surface area contributed by atoms with Gasteiger partial charge in [-0.15, -0.1) is 0 Å². The molecule has 0 saturated carbocycles. The molecular weight excluding hydrogens is 423 g/mol. The van der Waals surface area contributed by atoms with E-state index >= 15 is 4.39 Å². The number of nitrogens with one attached hydrogen (secondary N) is 3. The number of halogens is 1. The Hall–Kier alpha value is -3.27. The molecule has 5 rings (SSSR count). The van der Waals surface area contributed by atoms with Crippen molar-refractivity contribution in [1.29, 1.82) is 0 Å². The minimum absolute atomic E-state index is 0.0803. The summed E-state index contributed by atoms with van der Waals surface area (Å²) in [5.74, 6) is 0.844. The van der Waals surface area contributed by atoms with E-state index in [1.54, 1.807) is 18.3 Å². The smallest absolute Gasteiger partial charge is 0.237 e. The molecule has 3 atom stereocenters. The Bertz CT molecular complexity index is 1160. The lowest BCUT2D eigenvalue weighted by atomic mass is 9.97. The molecule has 2 aliphatic rings. The van der Waals surface area contributed by atoms with Crippen molar-refractivity contribution in [2.45, 2.75) is 50.7 Å². The number of pyridine rings is 2. The number of carbonyl (C=O) groups excluding carboxylic acids is 1. The van der Waals surface area contributed by atoms with Crippen LogP contribution >= 0.6 is 0 Å². The number of fused-ring (bicyclic) bond motifs is 3. The molecule has 2 bridgehead atoms. The SMILES string of the molecule is Cc1cc(Nc2nc(NC3C[C@H]4CC[C@@H](C3)N4C(=O)CN(C)C)c3cccnc3c2F)n[nH]1. The number of piperidine rings is 1. The van der Waals surface area contributed by atoms with Crippen LogP contribution in [0.15, 0.2) is 24.4 Å². The topological polar surface area (TPSA) is 102 Å². The summed E-state index contributed by atoms with van der Waals surface area (Å²) in [4.78, 5) is 25.6. The maximum Gasteiger partial charge on any atom is 0.237 e. The van der Waals surface area contributed by atoms with Crippen molar-refractivity contribution in [1.82, 2.24) is 30.0 Å². The molecule has 9 nitrogen and oxygen atoms in total. The van der Waals surface area contributed by atoms with E-state index in [1.165, 1.54) is 0 Å². The van der Waals surface area contributed by atoms with Crippen LogP contribution in [-0.4, -0.2) is 74.6 Å². The summed E-state index contributed by atoms with van der Waals surface area (Å²) in [6, 6.07) is 5.99. The lowest BCUT2D eigenvalue weighted by Crippen LogP contribution is -2.51. The Morgan fingerprint density at radius 3 is 2.70 bits per heavy atom. The van der Waals surface area contributed by atoms with Gasteiger partial charge in [-0.3, -0.25) is 14.9 Å². The first-order valence-corrected chi connectivity index (χ1v) is 11.3. The molecule has 3 aromatic heterocycles. The quantitative estimate of drug-likeness (QED) is 0.528. The molecule has 0 radical (unpaired) electrons. The zero-order chi connectivity index (χ0) is 23.1. The van der Waals surface area contributed by atoms with E-state index in [2.05, 4.69) is 35.7 Å². The minimum atomic E-state index is -0.513. The van der Waals surface area contributed by atoms with Gasteiger partial charge in [0, 0.05) is 41.5 Å². The standard InChI is InChI=1S/C23H29FN8O/c1-13-9-18(30-29-13)27-23-20(24)21-17(5-4-8-25-21)22(28-23)26-14-10-15-6-7-16(11-14)32(15)19(33)12-31(2)3/h4-5,8-9,14-16H,6-7,10-12H2,1-3H3,(H3,26,27,28,29,30)/t14?,15-,16+. The number of aryl methyl sites for hydroxylation is 1. The fourth-order valence-corrected chi connectivity index (χ4v) is 5.15. The van der Waals surface area contributed by atoms with E-state index in [0.717, 1.165) is 31.4 Å². The van der Waals surface area contributed by atoms with Crippen LogP contribution in [0, 0.1) is 12.7 Å². The number of carbonyl (C=O) groups is 1. The normalized spacial score (nSPS) is 22.2. The van der Waals surface area contributed by atoms with Crippen LogP contribution in [0.1, 0.15) is 31.4 Å². The van der Waals surface area contributed by atoms with E-state index in [0.29, 0.717) is 23.6 Å². The summed E-state index contributed by atoms with van der Waals surface area (Å²) in [6.07, 6.45) is 5.31. The molecule has 1 amide bonds. The Morgan fingerprint density at radius 1 is 1.27 bits per heavy atom. The molecule has 0 spiro atoms. The highest BCUT2D eigenvalue weighted by Gasteiger charge is 2.43. The molecule has 10 heteroatoms. The van der Waals surface area contributed by atoms with E-state index in [1.807, 2.05) is 32.0 Å². The second-order valence-electron chi connectivity index (χ2n) is 9.32. The van der Waals surface area contributed by atoms with Crippen molar-refractivity contribution >= 4 is 34.3 Å². The maximum atomic E-state index is 15.2. The van der Waals surface area contributed by atoms with Gasteiger partial charge in [0.05, 0.1) is 6.54 Å². The molecule has 0 aromatic carbocycles. The average molecular weight is 453 g/mol. The van der Waals surface area contributed by atoms with Gasteiger partial charge in [-0.2, -0.15) is 5.10 Å². The summed E-state index contributed by atoms with van der Waals surface area (Å²) in [7, 11) is 3.84. The number of aromatic amines is 1. The second kappa shape index (κ2) is 8.58. The van der Waals surface area contributed by atoms with Gasteiger partial charge in [-0.05, 0) is 58.8 Å². The van der Waals surface area contributed by atoms with Crippen molar-refractivity contribution in [3.05, 3.63) is 35.9 Å². The molecule has 3 N–H and O–H groups in total. The highest BCUT2D eigenvalue weighted by molar-refractivity contribution is 5.92. The summed E-state index contributed by atoms with van der Waals surface area (Å²) in [5, 5.41) is 14.1. The third-order valence-corrected chi connectivity index (χ3v) is 6.47. The molecule has 5 heterocycles. The van der Waals surface area contributed by atoms with Gasteiger partial charge in [0.15, 0.2) is 17.5 Å². The first kappa shape index (κ1) is 21.6. The predicted octanol–water partition coefficient (Wildman–Crippen LogP) is 3.04. The molecule has 2 fully saturated rings. The fraction of sp³-hybridized carbons (Fsp3) is 0.478. The first-order valence-electron chi connectivity index (χ1n) is 11.3. The fourth-order valence-electron chi connectivity index (χ4n) is 5.15. The molecule has 0 aliphatic carbocycles. The zero-order valence-corrected chi connectivity index (χ0v) is 19.1. The van der Waals surface area contributed by atoms with Gasteiger partial charge in [0.25, 0.3) is 0 Å². The highest BCUT2D eigenvalue weighted by atomic mass is 19.1. The van der Waals surface area contributed by atoms with Crippen LogP contribution in [-0.2, 0) is 4.79 Å². The number of anilines is 3. The second-order valence-corrected chi connectivity index (χ2v) is 9.32. The van der Waals surface area contributed by atoms with Gasteiger partial charge in [0.2, 0.25) is 5.91 Å². The van der Waals surface area contributed by atoms with Crippen LogP contribution in [0.25, 0.3) is 10.9 Å². The van der Waals surface area contributed by atoms with Crippen LogP contribution in [0.4, 0.5) is 21.8 Å². The summed E-state index contributed by atoms with van der Waals surface area (Å²) >= 11 is 0. The van der Waals surface area contributed by atoms with Crippen LogP contribution in [0.5, 0.6) is 0 Å². The number of likely N-dealkylation sites (N-methyl/N-ethyl adjacent to an activating group) is 1. The largest absolute Gasteiger partial charge is 0.367 e. The van der Waals surface area contributed by atoms with Gasteiger partial charge in [0.1, 0.15) is 11.3 Å². The number of amides is 1. The molecule has 174 valence electrons. The van der Waals surface area contributed by atoms with Crippen LogP contribution in [0.3, 0.4) is 0 Å². The Morgan fingerprint density at radius 2 is 2.03 bits per heavy atom. The zero-order valence-electron chi connectivity index (χ0n) is 19.1. The number of aromatic nitrogens is 4. The lowest BCUT2D eigenvalue weighted by molar-refractivity contribution is -0.136. The number of hydrogen-bond donors (Lipinski definition) is 3. The summed E-state index contributed by atoms with van der Waals surface area (Å²) in [6.45, 7) is 2.31. The van der Waals surface area contributed by atoms with Gasteiger partial charge in [-0.25, -0.2) is 9.37 Å². The van der Waals surface area contributed by atoms with Crippen LogP contribution in [0.2, 0.25) is 0 Å². The third kappa shape index (κ3) is 4.22. The molecular formula is C23H29FN8O. The van der Waals surface area contributed by atoms with Crippen molar-refractivity contribution in [3.63, 3.8) is 0 Å². The summed E-state index contributed by atoms with van der Waals surface area (Å²) < 4.78 is 15.2. The molecule has 2 aliphatic heterocycles. The Labute approximate surface area is 191 Å². The maximum absolute atomic E-state index is 15.2. The van der Waals surface area contributed by atoms with Gasteiger partial charge >= 0.3 is 0 Å². The third-order valence-electron chi connectivity index (χ3n) is 6.47. The average Bonchev–Trinajstić information content (AvgIpc) is 3.31. The number of nitrogens with zero attached hydrogens (tertiary/aromatic N) is 5. The van der Waals surface area contributed by atoms with Crippen LogP contribution < -0.4 is 10.6 Å². The monoisotopic (exact) mass is 452 g/mol. The van der Waals surface area contributed by atoms with E-state index in [9.17, 15) is 4.79 Å².